The summed E-state index contributed by atoms with van der Waals surface area (Å²) in [4.78, 5) is 19.2. The highest BCUT2D eigenvalue weighted by Gasteiger charge is 2.19. The third-order valence-corrected chi connectivity index (χ3v) is 5.75. The van der Waals surface area contributed by atoms with E-state index in [2.05, 4.69) is 52.3 Å². The number of hydrogen-bond donors (Lipinski definition) is 0. The minimum atomic E-state index is -0.729. The zero-order valence-corrected chi connectivity index (χ0v) is 22.1. The molecule has 0 amide bonds. The SMILES string of the molecule is C=N/C=C(/F)C(=Nc1ccc(CN(CCC)CC(C)C)cn1)c1cc(F)c2nc(C)n(C(C)C)c2c1. The van der Waals surface area contributed by atoms with Gasteiger partial charge >= 0.3 is 0 Å². The number of aryl methyl sites for hydroxylation is 1. The minimum Gasteiger partial charge on any atom is -0.326 e. The summed E-state index contributed by atoms with van der Waals surface area (Å²) in [6.45, 7) is 18.5. The van der Waals surface area contributed by atoms with Crippen LogP contribution in [0.15, 0.2) is 52.5 Å². The second kappa shape index (κ2) is 12.1. The van der Waals surface area contributed by atoms with Crippen molar-refractivity contribution < 1.29 is 8.78 Å². The Hall–Kier alpha value is -3.26. The molecule has 0 atom stereocenters. The lowest BCUT2D eigenvalue weighted by Crippen LogP contribution is -2.28. The summed E-state index contributed by atoms with van der Waals surface area (Å²) in [7, 11) is 0. The fourth-order valence-corrected chi connectivity index (χ4v) is 4.47. The van der Waals surface area contributed by atoms with Crippen molar-refractivity contribution in [3.8, 4) is 0 Å². The van der Waals surface area contributed by atoms with E-state index < -0.39 is 11.6 Å². The molecule has 0 unspecified atom stereocenters. The van der Waals surface area contributed by atoms with Crippen LogP contribution in [0.4, 0.5) is 14.6 Å². The first kappa shape index (κ1) is 27.3. The maximum absolute atomic E-state index is 15.1. The van der Waals surface area contributed by atoms with Crippen LogP contribution in [-0.4, -0.2) is 45.0 Å². The van der Waals surface area contributed by atoms with Crippen LogP contribution in [0.3, 0.4) is 0 Å². The molecule has 3 aromatic rings. The average Bonchev–Trinajstić information content (AvgIpc) is 3.15. The number of pyridine rings is 1. The standard InChI is InChI=1S/C28H36F2N6/c1-8-11-35(16-18(2)3)17-21-9-10-26(32-14-21)34-27(24(30)15-31-7)22-12-23(29)28-25(13-22)36(19(4)5)20(6)33-28/h9-10,12-15,18-19H,7-8,11,16-17H2,1-6H3/b24-15+,34-27?. The van der Waals surface area contributed by atoms with Gasteiger partial charge in [-0.3, -0.25) is 9.89 Å². The number of hydrogen-bond acceptors (Lipinski definition) is 5. The van der Waals surface area contributed by atoms with E-state index in [9.17, 15) is 0 Å². The van der Waals surface area contributed by atoms with Gasteiger partial charge in [-0.05, 0) is 70.1 Å². The predicted octanol–water partition coefficient (Wildman–Crippen LogP) is 6.96. The summed E-state index contributed by atoms with van der Waals surface area (Å²) < 4.78 is 32.1. The Morgan fingerprint density at radius 2 is 1.97 bits per heavy atom. The normalized spacial score (nSPS) is 13.0. The van der Waals surface area contributed by atoms with E-state index in [0.717, 1.165) is 37.8 Å². The molecule has 0 radical (unpaired) electrons. The van der Waals surface area contributed by atoms with Gasteiger partial charge in [0.25, 0.3) is 0 Å². The molecule has 0 fully saturated rings. The zero-order chi connectivity index (χ0) is 26.4. The number of rotatable bonds is 11. The molecule has 0 aliphatic carbocycles. The summed E-state index contributed by atoms with van der Waals surface area (Å²) >= 11 is 0. The summed E-state index contributed by atoms with van der Waals surface area (Å²) in [6, 6.07) is 6.70. The minimum absolute atomic E-state index is 0.0532. The lowest BCUT2D eigenvalue weighted by atomic mass is 10.1. The van der Waals surface area contributed by atoms with Crippen molar-refractivity contribution in [3.05, 3.63) is 65.3 Å². The van der Waals surface area contributed by atoms with Gasteiger partial charge in [-0.2, -0.15) is 0 Å². The van der Waals surface area contributed by atoms with Gasteiger partial charge in [0.1, 0.15) is 17.1 Å². The third kappa shape index (κ3) is 6.49. The van der Waals surface area contributed by atoms with Crippen LogP contribution in [0.5, 0.6) is 0 Å². The van der Waals surface area contributed by atoms with E-state index >= 15 is 8.78 Å². The maximum atomic E-state index is 15.1. The van der Waals surface area contributed by atoms with Crippen molar-refractivity contribution in [3.63, 3.8) is 0 Å². The van der Waals surface area contributed by atoms with Crippen molar-refractivity contribution in [1.29, 1.82) is 0 Å². The topological polar surface area (TPSA) is 58.7 Å². The molecular weight excluding hydrogens is 458 g/mol. The first-order chi connectivity index (χ1) is 17.1. The Morgan fingerprint density at radius 1 is 1.22 bits per heavy atom. The van der Waals surface area contributed by atoms with Gasteiger partial charge in [0.2, 0.25) is 0 Å². The summed E-state index contributed by atoms with van der Waals surface area (Å²) in [5.74, 6) is 0.304. The molecule has 0 N–H and O–H groups in total. The van der Waals surface area contributed by atoms with Crippen LogP contribution >= 0.6 is 0 Å². The molecule has 192 valence electrons. The molecule has 0 saturated carbocycles. The smallest absolute Gasteiger partial charge is 0.167 e. The molecule has 0 spiro atoms. The van der Waals surface area contributed by atoms with Crippen LogP contribution in [0, 0.1) is 18.7 Å². The molecule has 0 aliphatic heterocycles. The van der Waals surface area contributed by atoms with E-state index in [0.29, 0.717) is 23.1 Å². The molecule has 0 aliphatic rings. The van der Waals surface area contributed by atoms with E-state index in [1.54, 1.807) is 18.3 Å². The second-order valence-electron chi connectivity index (χ2n) is 9.72. The summed E-state index contributed by atoms with van der Waals surface area (Å²) in [6.07, 6.45) is 3.80. The Kier molecular flexibility index (Phi) is 9.20. The van der Waals surface area contributed by atoms with E-state index in [-0.39, 0.29) is 22.8 Å². The molecule has 0 saturated heterocycles. The van der Waals surface area contributed by atoms with Crippen LogP contribution in [0.2, 0.25) is 0 Å². The molecule has 36 heavy (non-hydrogen) atoms. The summed E-state index contributed by atoms with van der Waals surface area (Å²) in [5.41, 5.74) is 2.09. The molecule has 0 bridgehead atoms. The van der Waals surface area contributed by atoms with Crippen molar-refractivity contribution in [2.75, 3.05) is 13.1 Å². The van der Waals surface area contributed by atoms with Gasteiger partial charge in [-0.25, -0.2) is 23.7 Å². The Morgan fingerprint density at radius 3 is 2.56 bits per heavy atom. The van der Waals surface area contributed by atoms with Gasteiger partial charge in [0, 0.05) is 30.9 Å². The predicted molar refractivity (Wildman–Crippen MR) is 144 cm³/mol. The monoisotopic (exact) mass is 494 g/mol. The van der Waals surface area contributed by atoms with E-state index in [1.165, 1.54) is 6.07 Å². The highest BCUT2D eigenvalue weighted by Crippen LogP contribution is 2.27. The van der Waals surface area contributed by atoms with Gasteiger partial charge in [-0.1, -0.05) is 26.8 Å². The summed E-state index contributed by atoms with van der Waals surface area (Å²) in [5, 5.41) is 0. The van der Waals surface area contributed by atoms with Crippen LogP contribution in [0.25, 0.3) is 11.0 Å². The first-order valence-electron chi connectivity index (χ1n) is 12.4. The Balaban J connectivity index is 2.02. The average molecular weight is 495 g/mol. The molecule has 2 aromatic heterocycles. The number of aromatic nitrogens is 3. The first-order valence-corrected chi connectivity index (χ1v) is 12.4. The highest BCUT2D eigenvalue weighted by molar-refractivity contribution is 6.13. The zero-order valence-electron chi connectivity index (χ0n) is 22.1. The van der Waals surface area contributed by atoms with Gasteiger partial charge in [-0.15, -0.1) is 0 Å². The third-order valence-electron chi connectivity index (χ3n) is 5.75. The maximum Gasteiger partial charge on any atom is 0.167 e. The number of halogens is 2. The Bertz CT molecular complexity index is 1260. The van der Waals surface area contributed by atoms with E-state index in [1.807, 2.05) is 31.4 Å². The van der Waals surface area contributed by atoms with Crippen LogP contribution < -0.4 is 0 Å². The number of aliphatic imine (C=N–C) groups is 2. The van der Waals surface area contributed by atoms with Crippen molar-refractivity contribution in [1.82, 2.24) is 19.4 Å². The van der Waals surface area contributed by atoms with Gasteiger partial charge in [0.05, 0.1) is 11.7 Å². The lowest BCUT2D eigenvalue weighted by Gasteiger charge is -2.23. The van der Waals surface area contributed by atoms with Crippen molar-refractivity contribution >= 4 is 29.3 Å². The van der Waals surface area contributed by atoms with E-state index in [4.69, 9.17) is 0 Å². The number of nitrogens with zero attached hydrogens (tertiary/aromatic N) is 6. The molecule has 2 heterocycles. The second-order valence-corrected chi connectivity index (χ2v) is 9.72. The molecule has 3 rings (SSSR count). The fourth-order valence-electron chi connectivity index (χ4n) is 4.47. The van der Waals surface area contributed by atoms with Crippen molar-refractivity contribution in [2.24, 2.45) is 15.9 Å². The number of benzene rings is 1. The quantitative estimate of drug-likeness (QED) is 0.271. The molecular formula is C28H36F2N6. The molecule has 6 nitrogen and oxygen atoms in total. The van der Waals surface area contributed by atoms with Crippen LogP contribution in [0.1, 0.15) is 64.0 Å². The number of allylic oxidation sites excluding steroid dienone is 1. The highest BCUT2D eigenvalue weighted by atomic mass is 19.1. The van der Waals surface area contributed by atoms with Crippen molar-refractivity contribution in [2.45, 2.75) is 60.5 Å². The van der Waals surface area contributed by atoms with Gasteiger partial charge < -0.3 is 4.57 Å². The Labute approximate surface area is 212 Å². The fraction of sp³-hybridized carbons (Fsp3) is 0.429. The largest absolute Gasteiger partial charge is 0.326 e. The molecule has 8 heteroatoms. The van der Waals surface area contributed by atoms with Gasteiger partial charge in [0.15, 0.2) is 17.5 Å². The lowest BCUT2D eigenvalue weighted by molar-refractivity contribution is 0.236. The number of fused-ring (bicyclic) bond motifs is 1. The molecule has 1 aromatic carbocycles. The van der Waals surface area contributed by atoms with Crippen LogP contribution in [-0.2, 0) is 6.54 Å². The number of imidazole rings is 1.